The number of hydrogen-bond donors (Lipinski definition) is 2. The second-order valence-electron chi connectivity index (χ2n) is 6.43. The normalized spacial score (nSPS) is 19.0. The lowest BCUT2D eigenvalue weighted by atomic mass is 10.2. The summed E-state index contributed by atoms with van der Waals surface area (Å²) < 4.78 is 5.35. The van der Waals surface area contributed by atoms with Gasteiger partial charge in [-0.1, -0.05) is 0 Å². The minimum atomic E-state index is -0.314. The van der Waals surface area contributed by atoms with Crippen molar-refractivity contribution in [1.29, 1.82) is 0 Å². The molecule has 0 aliphatic carbocycles. The summed E-state index contributed by atoms with van der Waals surface area (Å²) in [5.41, 5.74) is 1.80. The summed E-state index contributed by atoms with van der Waals surface area (Å²) in [4.78, 5) is 15.6. The molecule has 2 aliphatic heterocycles. The van der Waals surface area contributed by atoms with Crippen LogP contribution in [0.3, 0.4) is 0 Å². The lowest BCUT2D eigenvalue weighted by Crippen LogP contribution is -2.43. The predicted molar refractivity (Wildman–Crippen MR) is 98.5 cm³/mol. The van der Waals surface area contributed by atoms with Crippen LogP contribution in [-0.2, 0) is 4.74 Å². The quantitative estimate of drug-likeness (QED) is 0.434. The van der Waals surface area contributed by atoms with E-state index in [1.54, 1.807) is 6.07 Å². The predicted octanol–water partition coefficient (Wildman–Crippen LogP) is 1.14. The molecule has 0 spiro atoms. The summed E-state index contributed by atoms with van der Waals surface area (Å²) in [5, 5.41) is 17.9. The van der Waals surface area contributed by atoms with E-state index in [1.165, 1.54) is 0 Å². The summed E-state index contributed by atoms with van der Waals surface area (Å²) in [6, 6.07) is 5.38. The molecular weight excluding hydrogens is 322 g/mol. The highest BCUT2D eigenvalue weighted by Crippen LogP contribution is 2.29. The fourth-order valence-electron chi connectivity index (χ4n) is 3.30. The third-order valence-electron chi connectivity index (χ3n) is 4.73. The molecule has 1 aromatic rings. The zero-order valence-electron chi connectivity index (χ0n) is 14.6. The number of nitrogens with one attached hydrogen (secondary N) is 2. The first-order valence-corrected chi connectivity index (χ1v) is 9.02. The Morgan fingerprint density at radius 3 is 2.68 bits per heavy atom. The second-order valence-corrected chi connectivity index (χ2v) is 6.43. The Morgan fingerprint density at radius 2 is 1.96 bits per heavy atom. The number of anilines is 2. The molecule has 0 aromatic heterocycles. The number of hydrogen-bond acceptors (Lipinski definition) is 7. The van der Waals surface area contributed by atoms with Crippen LogP contribution in [0, 0.1) is 10.1 Å². The SMILES string of the molecule is O=[N+]([O-])c1ccc(N2CCNCC2)cc1NCCCN1CCOCC1. The van der Waals surface area contributed by atoms with Crippen LogP contribution in [0.2, 0.25) is 0 Å². The second kappa shape index (κ2) is 8.98. The fourth-order valence-corrected chi connectivity index (χ4v) is 3.30. The van der Waals surface area contributed by atoms with Crippen molar-refractivity contribution in [2.45, 2.75) is 6.42 Å². The van der Waals surface area contributed by atoms with Crippen LogP contribution >= 0.6 is 0 Å². The minimum absolute atomic E-state index is 0.144. The summed E-state index contributed by atoms with van der Waals surface area (Å²) in [6.45, 7) is 8.99. The third-order valence-corrected chi connectivity index (χ3v) is 4.73. The van der Waals surface area contributed by atoms with Gasteiger partial charge in [0.15, 0.2) is 0 Å². The zero-order chi connectivity index (χ0) is 17.5. The molecule has 25 heavy (non-hydrogen) atoms. The molecule has 138 valence electrons. The van der Waals surface area contributed by atoms with Gasteiger partial charge in [-0.15, -0.1) is 0 Å². The Morgan fingerprint density at radius 1 is 1.20 bits per heavy atom. The van der Waals surface area contributed by atoms with Gasteiger partial charge in [0.2, 0.25) is 0 Å². The number of piperazine rings is 1. The smallest absolute Gasteiger partial charge is 0.292 e. The zero-order valence-corrected chi connectivity index (χ0v) is 14.6. The molecule has 8 heteroatoms. The van der Waals surface area contributed by atoms with Gasteiger partial charge in [-0.3, -0.25) is 15.0 Å². The van der Waals surface area contributed by atoms with Crippen molar-refractivity contribution in [3.8, 4) is 0 Å². The van der Waals surface area contributed by atoms with E-state index in [0.29, 0.717) is 5.69 Å². The molecule has 0 saturated carbocycles. The van der Waals surface area contributed by atoms with Crippen LogP contribution in [0.5, 0.6) is 0 Å². The maximum atomic E-state index is 11.3. The Hall–Kier alpha value is -1.90. The molecule has 2 saturated heterocycles. The average Bonchev–Trinajstić information content (AvgIpc) is 2.66. The van der Waals surface area contributed by atoms with Gasteiger partial charge in [0, 0.05) is 57.6 Å². The first kappa shape index (κ1) is 17.9. The van der Waals surface area contributed by atoms with Gasteiger partial charge in [0.05, 0.1) is 18.1 Å². The number of rotatable bonds is 7. The summed E-state index contributed by atoms with van der Waals surface area (Å²) in [6.07, 6.45) is 0.953. The Bertz CT molecular complexity index is 571. The molecule has 0 amide bonds. The van der Waals surface area contributed by atoms with Crippen LogP contribution in [-0.4, -0.2) is 75.4 Å². The molecule has 2 heterocycles. The Labute approximate surface area is 148 Å². The third kappa shape index (κ3) is 5.04. The van der Waals surface area contributed by atoms with Gasteiger partial charge in [-0.05, 0) is 25.1 Å². The lowest BCUT2D eigenvalue weighted by Gasteiger charge is -2.29. The van der Waals surface area contributed by atoms with Gasteiger partial charge in [-0.25, -0.2) is 0 Å². The number of nitro benzene ring substituents is 1. The highest BCUT2D eigenvalue weighted by atomic mass is 16.6. The molecule has 2 fully saturated rings. The molecule has 0 bridgehead atoms. The summed E-state index contributed by atoms with van der Waals surface area (Å²) >= 11 is 0. The van der Waals surface area contributed by atoms with Crippen molar-refractivity contribution in [3.05, 3.63) is 28.3 Å². The topological polar surface area (TPSA) is 82.9 Å². The summed E-state index contributed by atoms with van der Waals surface area (Å²) in [5.74, 6) is 0. The van der Waals surface area contributed by atoms with E-state index >= 15 is 0 Å². The molecule has 3 rings (SSSR count). The molecule has 0 atom stereocenters. The van der Waals surface area contributed by atoms with Crippen LogP contribution in [0.15, 0.2) is 18.2 Å². The maximum absolute atomic E-state index is 11.3. The molecule has 8 nitrogen and oxygen atoms in total. The van der Waals surface area contributed by atoms with Crippen molar-refractivity contribution >= 4 is 17.1 Å². The van der Waals surface area contributed by atoms with Crippen molar-refractivity contribution in [2.24, 2.45) is 0 Å². The lowest BCUT2D eigenvalue weighted by molar-refractivity contribution is -0.383. The van der Waals surface area contributed by atoms with Gasteiger partial charge in [0.1, 0.15) is 5.69 Å². The first-order valence-electron chi connectivity index (χ1n) is 9.02. The number of nitrogens with zero attached hydrogens (tertiary/aromatic N) is 3. The maximum Gasteiger partial charge on any atom is 0.292 e. The van der Waals surface area contributed by atoms with E-state index in [1.807, 2.05) is 12.1 Å². The van der Waals surface area contributed by atoms with Crippen LogP contribution in [0.4, 0.5) is 17.1 Å². The molecular formula is C17H27N5O3. The first-order chi connectivity index (χ1) is 12.2. The Kier molecular flexibility index (Phi) is 6.43. The van der Waals surface area contributed by atoms with Crippen LogP contribution in [0.1, 0.15) is 6.42 Å². The fraction of sp³-hybridized carbons (Fsp3) is 0.647. The molecule has 0 unspecified atom stereocenters. The van der Waals surface area contributed by atoms with E-state index in [4.69, 9.17) is 4.74 Å². The average molecular weight is 349 g/mol. The van der Waals surface area contributed by atoms with E-state index in [0.717, 1.165) is 77.7 Å². The molecule has 0 radical (unpaired) electrons. The minimum Gasteiger partial charge on any atom is -0.379 e. The highest BCUT2D eigenvalue weighted by molar-refractivity contribution is 5.69. The van der Waals surface area contributed by atoms with E-state index in [9.17, 15) is 10.1 Å². The van der Waals surface area contributed by atoms with Gasteiger partial charge in [0.25, 0.3) is 5.69 Å². The standard InChI is InChI=1S/C17H27N5O3/c23-22(24)17-3-2-15(21-8-5-18-6-9-21)14-16(17)19-4-1-7-20-10-12-25-13-11-20/h2-3,14,18-19H,1,4-13H2. The highest BCUT2D eigenvalue weighted by Gasteiger charge is 2.18. The molecule has 2 aliphatic rings. The number of nitro groups is 1. The monoisotopic (exact) mass is 349 g/mol. The molecule has 2 N–H and O–H groups in total. The number of morpholine rings is 1. The van der Waals surface area contributed by atoms with Crippen LogP contribution in [0.25, 0.3) is 0 Å². The van der Waals surface area contributed by atoms with Gasteiger partial charge in [-0.2, -0.15) is 0 Å². The van der Waals surface area contributed by atoms with Gasteiger partial charge >= 0.3 is 0 Å². The van der Waals surface area contributed by atoms with E-state index in [2.05, 4.69) is 20.4 Å². The van der Waals surface area contributed by atoms with Crippen molar-refractivity contribution in [2.75, 3.05) is 75.8 Å². The largest absolute Gasteiger partial charge is 0.379 e. The number of ether oxygens (including phenoxy) is 1. The van der Waals surface area contributed by atoms with E-state index in [-0.39, 0.29) is 10.6 Å². The van der Waals surface area contributed by atoms with Crippen molar-refractivity contribution < 1.29 is 9.66 Å². The Balaban J connectivity index is 1.58. The van der Waals surface area contributed by atoms with E-state index < -0.39 is 0 Å². The number of benzene rings is 1. The molecule has 1 aromatic carbocycles. The van der Waals surface area contributed by atoms with Crippen LogP contribution < -0.4 is 15.5 Å². The van der Waals surface area contributed by atoms with Crippen molar-refractivity contribution in [3.63, 3.8) is 0 Å². The van der Waals surface area contributed by atoms with Gasteiger partial charge < -0.3 is 20.3 Å². The summed E-state index contributed by atoms with van der Waals surface area (Å²) in [7, 11) is 0. The van der Waals surface area contributed by atoms with Crippen molar-refractivity contribution in [1.82, 2.24) is 10.2 Å².